The maximum atomic E-state index is 9.71. The van der Waals surface area contributed by atoms with Crippen molar-refractivity contribution in [1.29, 1.82) is 10.5 Å². The Bertz CT molecular complexity index is 1630. The van der Waals surface area contributed by atoms with Gasteiger partial charge in [0.1, 0.15) is 11.9 Å². The zero-order chi connectivity index (χ0) is 27.3. The first-order chi connectivity index (χ1) is 19.6. The number of anilines is 2. The molecule has 1 N–H and O–H groups in total. The predicted octanol–water partition coefficient (Wildman–Crippen LogP) is 3.85. The fraction of sp³-hybridized carbons (Fsp3) is 0.367. The van der Waals surface area contributed by atoms with Gasteiger partial charge in [-0.3, -0.25) is 4.90 Å². The van der Waals surface area contributed by atoms with E-state index in [2.05, 4.69) is 55.5 Å². The molecule has 2 unspecified atom stereocenters. The lowest BCUT2D eigenvalue weighted by molar-refractivity contribution is -0.00876. The van der Waals surface area contributed by atoms with Crippen LogP contribution >= 0.6 is 0 Å². The van der Waals surface area contributed by atoms with Crippen molar-refractivity contribution in [2.45, 2.75) is 37.9 Å². The molecule has 8 rings (SSSR count). The van der Waals surface area contributed by atoms with Gasteiger partial charge in [0.2, 0.25) is 5.88 Å². The maximum Gasteiger partial charge on any atom is 0.212 e. The van der Waals surface area contributed by atoms with Gasteiger partial charge in [0.05, 0.1) is 47.8 Å². The van der Waals surface area contributed by atoms with Crippen LogP contribution in [0.3, 0.4) is 0 Å². The van der Waals surface area contributed by atoms with Gasteiger partial charge >= 0.3 is 0 Å². The first-order valence-electron chi connectivity index (χ1n) is 13.6. The molecule has 0 amide bonds. The fourth-order valence-corrected chi connectivity index (χ4v) is 5.97. The molecule has 0 aromatic carbocycles. The van der Waals surface area contributed by atoms with Crippen molar-refractivity contribution < 1.29 is 4.74 Å². The van der Waals surface area contributed by atoms with Crippen LogP contribution in [0.25, 0.3) is 16.6 Å². The van der Waals surface area contributed by atoms with Crippen molar-refractivity contribution in [2.75, 3.05) is 37.0 Å². The largest absolute Gasteiger partial charge is 0.481 e. The van der Waals surface area contributed by atoms with Crippen LogP contribution in [0.15, 0.2) is 55.1 Å². The number of piperazine rings is 1. The average Bonchev–Trinajstić information content (AvgIpc) is 3.68. The number of nitrogens with one attached hydrogen (secondary N) is 1. The molecule has 2 bridgehead atoms. The first-order valence-corrected chi connectivity index (χ1v) is 13.6. The van der Waals surface area contributed by atoms with Crippen LogP contribution in [0.4, 0.5) is 11.5 Å². The molecule has 4 aromatic rings. The van der Waals surface area contributed by atoms with E-state index in [0.717, 1.165) is 60.6 Å². The number of pyridine rings is 3. The molecular weight excluding hydrogens is 502 g/mol. The van der Waals surface area contributed by atoms with Crippen LogP contribution in [-0.2, 0) is 6.54 Å². The molecule has 10 nitrogen and oxygen atoms in total. The third-order valence-electron chi connectivity index (χ3n) is 8.55. The van der Waals surface area contributed by atoms with Crippen molar-refractivity contribution in [1.82, 2.24) is 24.5 Å². The molecule has 2 atom stereocenters. The lowest BCUT2D eigenvalue weighted by atomic mass is 9.87. The second-order valence-electron chi connectivity index (χ2n) is 11.1. The molecule has 7 heterocycles. The summed E-state index contributed by atoms with van der Waals surface area (Å²) in [4.78, 5) is 14.1. The first kappa shape index (κ1) is 24.4. The Labute approximate surface area is 232 Å². The van der Waals surface area contributed by atoms with E-state index in [9.17, 15) is 10.5 Å². The van der Waals surface area contributed by atoms with E-state index >= 15 is 0 Å². The monoisotopic (exact) mass is 531 g/mol. The number of aromatic nitrogens is 4. The second kappa shape index (κ2) is 9.51. The Kier molecular flexibility index (Phi) is 5.79. The standard InChI is InChI=1S/C30H29N9O/c1-40-28-5-2-20(11-34-28)14-38-24-9-25(38)17-37(16-24)27-4-3-21(12-33-27)26-8-23(35-19-30(18-32)6-7-30)15-39-29(26)22(10-31)13-36-39/h2-5,8,11-13,15,24-25,35H,6-7,9,14,16-17,19H2,1H3. The highest BCUT2D eigenvalue weighted by molar-refractivity contribution is 5.86. The minimum atomic E-state index is -0.267. The van der Waals surface area contributed by atoms with Gasteiger partial charge in [-0.2, -0.15) is 15.6 Å². The van der Waals surface area contributed by atoms with Crippen LogP contribution < -0.4 is 15.0 Å². The quantitative estimate of drug-likeness (QED) is 0.362. The lowest BCUT2D eigenvalue weighted by Gasteiger charge is -2.56. The Morgan fingerprint density at radius 1 is 1.07 bits per heavy atom. The minimum absolute atomic E-state index is 0.267. The smallest absolute Gasteiger partial charge is 0.212 e. The van der Waals surface area contributed by atoms with E-state index in [1.54, 1.807) is 17.8 Å². The molecule has 10 heteroatoms. The molecule has 1 aliphatic carbocycles. The van der Waals surface area contributed by atoms with Crippen LogP contribution in [0.1, 0.15) is 30.4 Å². The second-order valence-corrected chi connectivity index (χ2v) is 11.1. The van der Waals surface area contributed by atoms with Crippen LogP contribution in [0.2, 0.25) is 0 Å². The molecule has 40 heavy (non-hydrogen) atoms. The Hall–Kier alpha value is -4.67. The predicted molar refractivity (Wildman–Crippen MR) is 150 cm³/mol. The summed E-state index contributed by atoms with van der Waals surface area (Å²) in [5, 5.41) is 27.0. The summed E-state index contributed by atoms with van der Waals surface area (Å²) in [6, 6.07) is 15.9. The molecule has 4 fully saturated rings. The third kappa shape index (κ3) is 4.27. The SMILES string of the molecule is COc1ccc(CN2C3CC2CN(c2ccc(-c4cc(NCC5(C#N)CC5)cn5ncc(C#N)c45)cn2)C3)cn1. The summed E-state index contributed by atoms with van der Waals surface area (Å²) in [7, 11) is 1.63. The molecular formula is C30H29N9O. The topological polar surface area (TPSA) is 118 Å². The number of nitrogens with zero attached hydrogens (tertiary/aromatic N) is 8. The minimum Gasteiger partial charge on any atom is -0.481 e. The molecule has 200 valence electrons. The van der Waals surface area contributed by atoms with Gasteiger partial charge in [-0.05, 0) is 43.0 Å². The average molecular weight is 532 g/mol. The third-order valence-corrected chi connectivity index (χ3v) is 8.55. The zero-order valence-electron chi connectivity index (χ0n) is 22.3. The van der Waals surface area contributed by atoms with E-state index in [1.165, 1.54) is 12.0 Å². The van der Waals surface area contributed by atoms with E-state index in [0.29, 0.717) is 30.1 Å². The van der Waals surface area contributed by atoms with Crippen LogP contribution in [0, 0.1) is 28.1 Å². The van der Waals surface area contributed by atoms with Gasteiger partial charge in [0, 0.05) is 67.8 Å². The van der Waals surface area contributed by atoms with E-state index in [-0.39, 0.29) is 5.41 Å². The van der Waals surface area contributed by atoms with Crippen molar-refractivity contribution in [3.8, 4) is 29.1 Å². The molecule has 1 saturated carbocycles. The number of piperidine rings is 1. The van der Waals surface area contributed by atoms with Gasteiger partial charge in [-0.25, -0.2) is 14.5 Å². The van der Waals surface area contributed by atoms with Crippen molar-refractivity contribution in [3.63, 3.8) is 0 Å². The van der Waals surface area contributed by atoms with Gasteiger partial charge in [0.15, 0.2) is 0 Å². The van der Waals surface area contributed by atoms with Crippen molar-refractivity contribution in [2.24, 2.45) is 5.41 Å². The molecule has 0 radical (unpaired) electrons. The number of rotatable bonds is 8. The number of hydrogen-bond donors (Lipinski definition) is 1. The summed E-state index contributed by atoms with van der Waals surface area (Å²) in [6.45, 7) is 3.38. The highest BCUT2D eigenvalue weighted by Gasteiger charge is 2.45. The molecule has 4 aliphatic rings. The fourth-order valence-electron chi connectivity index (χ4n) is 5.97. The Morgan fingerprint density at radius 2 is 1.93 bits per heavy atom. The normalized spacial score (nSPS) is 20.8. The maximum absolute atomic E-state index is 9.71. The highest BCUT2D eigenvalue weighted by atomic mass is 16.5. The van der Waals surface area contributed by atoms with E-state index in [1.807, 2.05) is 30.7 Å². The molecule has 3 aliphatic heterocycles. The summed E-state index contributed by atoms with van der Waals surface area (Å²) in [5.41, 5.74) is 4.88. The van der Waals surface area contributed by atoms with Gasteiger partial charge in [0.25, 0.3) is 0 Å². The molecule has 3 saturated heterocycles. The van der Waals surface area contributed by atoms with Gasteiger partial charge < -0.3 is 15.0 Å². The number of ether oxygens (including phenoxy) is 1. The summed E-state index contributed by atoms with van der Waals surface area (Å²) in [5.74, 6) is 1.60. The Morgan fingerprint density at radius 3 is 2.58 bits per heavy atom. The lowest BCUT2D eigenvalue weighted by Crippen LogP contribution is -2.68. The molecule has 4 aromatic heterocycles. The van der Waals surface area contributed by atoms with Gasteiger partial charge in [-0.1, -0.05) is 6.07 Å². The van der Waals surface area contributed by atoms with E-state index < -0.39 is 0 Å². The van der Waals surface area contributed by atoms with E-state index in [4.69, 9.17) is 9.72 Å². The highest BCUT2D eigenvalue weighted by Crippen LogP contribution is 2.45. The number of hydrogen-bond acceptors (Lipinski definition) is 9. The summed E-state index contributed by atoms with van der Waals surface area (Å²) < 4.78 is 6.92. The molecule has 0 spiro atoms. The van der Waals surface area contributed by atoms with Crippen molar-refractivity contribution in [3.05, 3.63) is 66.2 Å². The van der Waals surface area contributed by atoms with Gasteiger partial charge in [-0.15, -0.1) is 0 Å². The summed E-state index contributed by atoms with van der Waals surface area (Å²) >= 11 is 0. The number of nitriles is 2. The Balaban J connectivity index is 1.08. The van der Waals surface area contributed by atoms with Crippen LogP contribution in [-0.4, -0.2) is 63.3 Å². The zero-order valence-corrected chi connectivity index (χ0v) is 22.3. The van der Waals surface area contributed by atoms with Crippen LogP contribution in [0.5, 0.6) is 5.88 Å². The van der Waals surface area contributed by atoms with Crippen molar-refractivity contribution >= 4 is 17.0 Å². The number of methoxy groups -OCH3 is 1. The number of fused-ring (bicyclic) bond motifs is 3. The summed E-state index contributed by atoms with van der Waals surface area (Å²) in [6.07, 6.45) is 10.3.